The van der Waals surface area contributed by atoms with Crippen LogP contribution in [0, 0.1) is 12.8 Å². The predicted molar refractivity (Wildman–Crippen MR) is 155 cm³/mol. The van der Waals surface area contributed by atoms with Crippen molar-refractivity contribution in [2.45, 2.75) is 98.1 Å². The molecule has 224 valence electrons. The Hall–Kier alpha value is -2.69. The monoisotopic (exact) mass is 561 g/mol. The zero-order chi connectivity index (χ0) is 30.1. The molecule has 1 aliphatic heterocycles. The summed E-state index contributed by atoms with van der Waals surface area (Å²) in [5, 5.41) is 41.0. The van der Waals surface area contributed by atoms with E-state index >= 15 is 0 Å². The van der Waals surface area contributed by atoms with Crippen molar-refractivity contribution in [1.29, 1.82) is 0 Å². The predicted octanol–water partition coefficient (Wildman–Crippen LogP) is 3.96. The lowest BCUT2D eigenvalue weighted by Crippen LogP contribution is -2.58. The molecule has 0 radical (unpaired) electrons. The molecule has 1 aromatic rings. The molecule has 2 rings (SSSR count). The number of allylic oxidation sites excluding steroid dienone is 6. The molecular formula is C31H47NO8. The molecular weight excluding hydrogens is 514 g/mol. The first-order valence-corrected chi connectivity index (χ1v) is 13.6. The molecule has 1 saturated heterocycles. The fourth-order valence-corrected chi connectivity index (χ4v) is 4.47. The molecule has 0 bridgehead atoms. The van der Waals surface area contributed by atoms with Crippen LogP contribution in [0.4, 0.5) is 0 Å². The first kappa shape index (κ1) is 33.5. The number of nitrogens with zero attached hydrogens (tertiary/aromatic N) is 1. The molecule has 9 nitrogen and oxygen atoms in total. The Labute approximate surface area is 238 Å². The van der Waals surface area contributed by atoms with E-state index in [0.717, 1.165) is 23.1 Å². The summed E-state index contributed by atoms with van der Waals surface area (Å²) in [7, 11) is 2.93. The fourth-order valence-electron chi connectivity index (χ4n) is 4.47. The van der Waals surface area contributed by atoms with E-state index in [-0.39, 0.29) is 23.3 Å². The van der Waals surface area contributed by atoms with Gasteiger partial charge in [0.2, 0.25) is 12.0 Å². The third kappa shape index (κ3) is 8.41. The third-order valence-electron chi connectivity index (χ3n) is 7.26. The van der Waals surface area contributed by atoms with Gasteiger partial charge >= 0.3 is 0 Å². The Balaban J connectivity index is 2.20. The van der Waals surface area contributed by atoms with Crippen LogP contribution in [0.2, 0.25) is 0 Å². The zero-order valence-electron chi connectivity index (χ0n) is 25.2. The highest BCUT2D eigenvalue weighted by Crippen LogP contribution is 2.41. The van der Waals surface area contributed by atoms with Crippen LogP contribution in [-0.2, 0) is 11.2 Å². The second-order valence-corrected chi connectivity index (χ2v) is 10.5. The number of pyridine rings is 1. The summed E-state index contributed by atoms with van der Waals surface area (Å²) in [5.74, 6) is 0.751. The van der Waals surface area contributed by atoms with Crippen molar-refractivity contribution in [3.63, 3.8) is 0 Å². The van der Waals surface area contributed by atoms with Crippen LogP contribution in [0.3, 0.4) is 0 Å². The topological polar surface area (TPSA) is 131 Å². The number of ether oxygens (including phenoxy) is 4. The van der Waals surface area contributed by atoms with E-state index in [1.807, 2.05) is 47.6 Å². The summed E-state index contributed by atoms with van der Waals surface area (Å²) in [6.07, 6.45) is 4.85. The normalized spacial score (nSPS) is 26.1. The van der Waals surface area contributed by atoms with Gasteiger partial charge < -0.3 is 39.4 Å². The molecule has 2 heterocycles. The Morgan fingerprint density at radius 2 is 1.73 bits per heavy atom. The fraction of sp³-hybridized carbons (Fsp3) is 0.581. The number of hydrogen-bond donors (Lipinski definition) is 4. The quantitative estimate of drug-likeness (QED) is 0.221. The second kappa shape index (κ2) is 15.3. The summed E-state index contributed by atoms with van der Waals surface area (Å²) in [6.45, 7) is 13.3. The third-order valence-corrected chi connectivity index (χ3v) is 7.26. The van der Waals surface area contributed by atoms with Gasteiger partial charge in [0, 0.05) is 17.9 Å². The molecule has 0 aliphatic carbocycles. The highest BCUT2D eigenvalue weighted by atomic mass is 16.7. The average molecular weight is 562 g/mol. The molecule has 0 unspecified atom stereocenters. The van der Waals surface area contributed by atoms with Crippen molar-refractivity contribution in [2.75, 3.05) is 14.2 Å². The zero-order valence-corrected chi connectivity index (χ0v) is 25.2. The van der Waals surface area contributed by atoms with Gasteiger partial charge in [-0.1, -0.05) is 48.5 Å². The maximum absolute atomic E-state index is 10.5. The number of aliphatic hydroxyl groups excluding tert-OH is 4. The molecule has 40 heavy (non-hydrogen) atoms. The molecule has 1 fully saturated rings. The van der Waals surface area contributed by atoms with Crippen LogP contribution in [0.1, 0.15) is 59.2 Å². The van der Waals surface area contributed by atoms with E-state index in [1.54, 1.807) is 6.92 Å². The Morgan fingerprint density at radius 3 is 2.33 bits per heavy atom. The van der Waals surface area contributed by atoms with Gasteiger partial charge in [-0.15, -0.1) is 0 Å². The Morgan fingerprint density at radius 1 is 1.05 bits per heavy atom. The SMILES string of the molecule is C/C=C(/C)[C@H](O)[C@H](C)/C=C(C)\C=C/C/C(C)=C/Cc1nc(OC)c(OC)c(O[C@H]2O[C@@H](C)[C@H](O)[C@@H](O)[C@H]2O)c1C. The van der Waals surface area contributed by atoms with Gasteiger partial charge in [-0.3, -0.25) is 0 Å². The van der Waals surface area contributed by atoms with Crippen molar-refractivity contribution >= 4 is 0 Å². The molecule has 0 amide bonds. The molecule has 1 aromatic heterocycles. The van der Waals surface area contributed by atoms with Crippen molar-refractivity contribution in [2.24, 2.45) is 5.92 Å². The number of hydrogen-bond acceptors (Lipinski definition) is 9. The molecule has 0 saturated carbocycles. The summed E-state index contributed by atoms with van der Waals surface area (Å²) in [4.78, 5) is 4.61. The van der Waals surface area contributed by atoms with Crippen molar-refractivity contribution in [3.05, 3.63) is 58.4 Å². The maximum atomic E-state index is 10.5. The van der Waals surface area contributed by atoms with Crippen molar-refractivity contribution in [3.8, 4) is 17.4 Å². The summed E-state index contributed by atoms with van der Waals surface area (Å²) >= 11 is 0. The highest BCUT2D eigenvalue weighted by Gasteiger charge is 2.43. The Bertz CT molecular complexity index is 1110. The van der Waals surface area contributed by atoms with Gasteiger partial charge in [0.15, 0.2) is 5.75 Å². The van der Waals surface area contributed by atoms with Crippen LogP contribution in [0.5, 0.6) is 17.4 Å². The minimum atomic E-state index is -1.47. The van der Waals surface area contributed by atoms with E-state index in [4.69, 9.17) is 18.9 Å². The van der Waals surface area contributed by atoms with E-state index in [9.17, 15) is 20.4 Å². The van der Waals surface area contributed by atoms with Crippen LogP contribution in [0.25, 0.3) is 0 Å². The Kier molecular flexibility index (Phi) is 12.9. The maximum Gasteiger partial charge on any atom is 0.261 e. The lowest BCUT2D eigenvalue weighted by Gasteiger charge is -2.39. The largest absolute Gasteiger partial charge is 0.489 e. The molecule has 7 atom stereocenters. The van der Waals surface area contributed by atoms with E-state index in [2.05, 4.69) is 29.3 Å². The van der Waals surface area contributed by atoms with Gasteiger partial charge in [0.25, 0.3) is 5.88 Å². The molecule has 4 N–H and O–H groups in total. The van der Waals surface area contributed by atoms with Gasteiger partial charge in [-0.05, 0) is 53.5 Å². The van der Waals surface area contributed by atoms with Crippen LogP contribution < -0.4 is 14.2 Å². The van der Waals surface area contributed by atoms with Gasteiger partial charge in [0.1, 0.15) is 18.3 Å². The first-order valence-electron chi connectivity index (χ1n) is 13.6. The smallest absolute Gasteiger partial charge is 0.261 e. The first-order chi connectivity index (χ1) is 18.9. The van der Waals surface area contributed by atoms with Crippen LogP contribution >= 0.6 is 0 Å². The van der Waals surface area contributed by atoms with Gasteiger partial charge in [-0.2, -0.15) is 0 Å². The standard InChI is InChI=1S/C31H47NO8/c1-10-19(4)24(33)20(5)16-18(3)13-11-12-17(2)14-15-23-21(6)28(29(37-8)30(32-23)38-9)40-31-27(36)26(35)25(34)22(7)39-31/h10-11,13-14,16,20,22,24-27,31,33-36H,12,15H2,1-9H3/b13-11-,17-14+,18-16-,19-10-/t20-,22+,24+,25+,26-,27-,31-/m1/s1. The van der Waals surface area contributed by atoms with Crippen molar-refractivity contribution in [1.82, 2.24) is 4.98 Å². The summed E-state index contributed by atoms with van der Waals surface area (Å²) < 4.78 is 22.6. The average Bonchev–Trinajstić information content (AvgIpc) is 2.93. The molecule has 1 aliphatic rings. The highest BCUT2D eigenvalue weighted by molar-refractivity contribution is 5.54. The minimum Gasteiger partial charge on any atom is -0.489 e. The van der Waals surface area contributed by atoms with Gasteiger partial charge in [0.05, 0.1) is 32.1 Å². The number of aliphatic hydroxyl groups is 4. The lowest BCUT2D eigenvalue weighted by atomic mass is 9.96. The van der Waals surface area contributed by atoms with E-state index in [0.29, 0.717) is 17.7 Å². The van der Waals surface area contributed by atoms with Crippen molar-refractivity contribution < 1.29 is 39.4 Å². The number of methoxy groups -OCH3 is 2. The summed E-state index contributed by atoms with van der Waals surface area (Å²) in [6, 6.07) is 0. The van der Waals surface area contributed by atoms with Gasteiger partial charge in [-0.25, -0.2) is 4.98 Å². The lowest BCUT2D eigenvalue weighted by molar-refractivity contribution is -0.268. The molecule has 9 heteroatoms. The summed E-state index contributed by atoms with van der Waals surface area (Å²) in [5.41, 5.74) is 4.54. The van der Waals surface area contributed by atoms with E-state index < -0.39 is 36.8 Å². The van der Waals surface area contributed by atoms with Crippen LogP contribution in [-0.4, -0.2) is 76.4 Å². The minimum absolute atomic E-state index is 0.0182. The second-order valence-electron chi connectivity index (χ2n) is 10.5. The number of aromatic nitrogens is 1. The van der Waals surface area contributed by atoms with E-state index in [1.165, 1.54) is 14.2 Å². The molecule has 0 aromatic carbocycles. The molecule has 0 spiro atoms. The number of rotatable bonds is 12. The van der Waals surface area contributed by atoms with Crippen LogP contribution in [0.15, 0.2) is 47.1 Å².